The number of quaternary nitrogens is 1. The highest BCUT2D eigenvalue weighted by Gasteiger charge is 2.57. The summed E-state index contributed by atoms with van der Waals surface area (Å²) in [4.78, 5) is 35.1. The molecule has 9 heteroatoms. The zero-order chi connectivity index (χ0) is 28.8. The molecule has 1 aromatic heterocycles. The quantitative estimate of drug-likeness (QED) is 0.406. The molecule has 1 unspecified atom stereocenters. The Morgan fingerprint density at radius 3 is 2.38 bits per heavy atom. The molecule has 1 aromatic carbocycles. The first-order valence-corrected chi connectivity index (χ1v) is 15.3. The van der Waals surface area contributed by atoms with E-state index < -0.39 is 5.54 Å². The third kappa shape index (κ3) is 6.81. The van der Waals surface area contributed by atoms with Gasteiger partial charge in [-0.15, -0.1) is 0 Å². The van der Waals surface area contributed by atoms with Crippen LogP contribution in [0, 0.1) is 0 Å². The average molecular weight is 590 g/mol. The number of carbonyl (C=O) groups excluding carboxylic acids is 2. The minimum absolute atomic E-state index is 0.0308. The van der Waals surface area contributed by atoms with Crippen LogP contribution in [0.5, 0.6) is 0 Å². The zero-order valence-electron chi connectivity index (χ0n) is 24.2. The molecule has 3 heterocycles. The van der Waals surface area contributed by atoms with Crippen LogP contribution in [0.3, 0.4) is 0 Å². The van der Waals surface area contributed by atoms with Crippen molar-refractivity contribution in [3.63, 3.8) is 0 Å². The van der Waals surface area contributed by atoms with Crippen LogP contribution in [-0.4, -0.2) is 97.0 Å². The van der Waals surface area contributed by atoms with E-state index in [9.17, 15) is 9.59 Å². The number of aromatic nitrogens is 1. The maximum absolute atomic E-state index is 14.0. The summed E-state index contributed by atoms with van der Waals surface area (Å²) >= 11 is 12.8. The number of likely N-dealkylation sites (tertiary alicyclic amines) is 1. The van der Waals surface area contributed by atoms with Crippen LogP contribution in [0.25, 0.3) is 0 Å². The van der Waals surface area contributed by atoms with Crippen LogP contribution in [0.1, 0.15) is 55.7 Å². The number of nitrogens with one attached hydrogen (secondary N) is 1. The number of nitrogens with zero attached hydrogens (tertiary/aromatic N) is 4. The molecule has 0 radical (unpaired) electrons. The van der Waals surface area contributed by atoms with Crippen LogP contribution in [0.15, 0.2) is 42.6 Å². The molecule has 40 heavy (non-hydrogen) atoms. The van der Waals surface area contributed by atoms with Gasteiger partial charge in [0.05, 0.1) is 36.1 Å². The minimum atomic E-state index is -0.419. The molecule has 2 fully saturated rings. The lowest BCUT2D eigenvalue weighted by molar-refractivity contribution is -0.972. The molecule has 0 spiro atoms. The number of hydrogen-bond donors (Lipinski definition) is 1. The Balaban J connectivity index is 1.62. The van der Waals surface area contributed by atoms with Crippen molar-refractivity contribution in [2.24, 2.45) is 0 Å². The molecule has 7 nitrogen and oxygen atoms in total. The monoisotopic (exact) mass is 588 g/mol. The van der Waals surface area contributed by atoms with Gasteiger partial charge in [0.1, 0.15) is 0 Å². The summed E-state index contributed by atoms with van der Waals surface area (Å²) in [6.07, 6.45) is 8.01. The number of hydrogen-bond acceptors (Lipinski definition) is 4. The summed E-state index contributed by atoms with van der Waals surface area (Å²) in [5.74, 6) is 0.338. The van der Waals surface area contributed by atoms with E-state index in [1.54, 1.807) is 11.1 Å². The van der Waals surface area contributed by atoms with E-state index in [0.29, 0.717) is 16.6 Å². The molecule has 0 saturated carbocycles. The van der Waals surface area contributed by atoms with E-state index in [2.05, 4.69) is 10.3 Å². The average Bonchev–Trinajstić information content (AvgIpc) is 2.97. The van der Waals surface area contributed by atoms with Gasteiger partial charge in [0, 0.05) is 77.8 Å². The van der Waals surface area contributed by atoms with Crippen LogP contribution in [0.4, 0.5) is 0 Å². The first kappa shape index (κ1) is 30.8. The van der Waals surface area contributed by atoms with Crippen molar-refractivity contribution < 1.29 is 14.1 Å². The van der Waals surface area contributed by atoms with Crippen molar-refractivity contribution in [2.75, 3.05) is 60.4 Å². The maximum Gasteiger partial charge on any atom is 0.283 e. The smallest absolute Gasteiger partial charge is 0.283 e. The molecule has 2 saturated heterocycles. The lowest BCUT2D eigenvalue weighted by Gasteiger charge is -2.56. The van der Waals surface area contributed by atoms with E-state index >= 15 is 0 Å². The van der Waals surface area contributed by atoms with E-state index in [1.165, 1.54) is 6.42 Å². The Morgan fingerprint density at radius 1 is 1.02 bits per heavy atom. The number of rotatable bonds is 10. The van der Waals surface area contributed by atoms with E-state index in [0.717, 1.165) is 80.6 Å². The van der Waals surface area contributed by atoms with Gasteiger partial charge in [-0.05, 0) is 49.1 Å². The summed E-state index contributed by atoms with van der Waals surface area (Å²) in [5.41, 5.74) is 1.41. The molecule has 1 N–H and O–H groups in total. The molecule has 4 rings (SSSR count). The van der Waals surface area contributed by atoms with Crippen LogP contribution < -0.4 is 5.32 Å². The Bertz CT molecular complexity index is 1150. The van der Waals surface area contributed by atoms with Gasteiger partial charge in [0.2, 0.25) is 5.91 Å². The number of piperidine rings is 2. The zero-order valence-corrected chi connectivity index (χ0v) is 25.7. The molecule has 0 aliphatic carbocycles. The van der Waals surface area contributed by atoms with Crippen molar-refractivity contribution in [3.8, 4) is 0 Å². The maximum atomic E-state index is 14.0. The normalized spacial score (nSPS) is 19.0. The molecular formula is C31H44Cl2N5O2+. The molecule has 218 valence electrons. The van der Waals surface area contributed by atoms with Gasteiger partial charge in [-0.2, -0.15) is 0 Å². The van der Waals surface area contributed by atoms with E-state index in [4.69, 9.17) is 23.2 Å². The second-order valence-corrected chi connectivity index (χ2v) is 12.6. The highest BCUT2D eigenvalue weighted by Crippen LogP contribution is 2.40. The fraction of sp³-hybridized carbons (Fsp3) is 0.581. The van der Waals surface area contributed by atoms with Gasteiger partial charge >= 0.3 is 0 Å². The summed E-state index contributed by atoms with van der Waals surface area (Å²) in [7, 11) is 5.66. The van der Waals surface area contributed by atoms with Crippen molar-refractivity contribution in [2.45, 2.75) is 56.4 Å². The van der Waals surface area contributed by atoms with Crippen LogP contribution in [0.2, 0.25) is 10.0 Å². The molecule has 2 aliphatic heterocycles. The first-order chi connectivity index (χ1) is 19.2. The van der Waals surface area contributed by atoms with Crippen molar-refractivity contribution in [1.29, 1.82) is 0 Å². The third-order valence-corrected chi connectivity index (χ3v) is 9.85. The standard InChI is InChI=1S/C31H44Cl2N5O2/c1-36(2)30(40)31(13-16-34-17-14-31)38(18-7-4-8-19-38)20-12-25(24-10-11-27(32)28(33)21-24)23-37(3)29(39)22-26-9-5-6-15-35-26/h5-6,9-11,15,21,25,34H,4,7-8,12-14,16-20,22-23H2,1-3H3/q+1. The van der Waals surface area contributed by atoms with Gasteiger partial charge in [-0.1, -0.05) is 35.3 Å². The van der Waals surface area contributed by atoms with Crippen molar-refractivity contribution in [3.05, 3.63) is 63.9 Å². The Morgan fingerprint density at radius 2 is 1.75 bits per heavy atom. The second kappa shape index (κ2) is 13.6. The van der Waals surface area contributed by atoms with E-state index in [-0.39, 0.29) is 24.2 Å². The largest absolute Gasteiger partial charge is 0.345 e. The minimum Gasteiger partial charge on any atom is -0.345 e. The van der Waals surface area contributed by atoms with Gasteiger partial charge in [0.25, 0.3) is 5.91 Å². The SMILES string of the molecule is CN(C)C(=O)C1([N+]2(CCC(CN(C)C(=O)Cc3ccccn3)c3ccc(Cl)c(Cl)c3)CCCCC2)CCNCC1. The highest BCUT2D eigenvalue weighted by molar-refractivity contribution is 6.42. The molecule has 1 atom stereocenters. The summed E-state index contributed by atoms with van der Waals surface area (Å²) in [5, 5.41) is 4.53. The Kier molecular flexibility index (Phi) is 10.5. The topological polar surface area (TPSA) is 65.5 Å². The van der Waals surface area contributed by atoms with Gasteiger partial charge < -0.3 is 19.6 Å². The number of carbonyl (C=O) groups is 2. The van der Waals surface area contributed by atoms with E-state index in [1.807, 2.05) is 62.4 Å². The summed E-state index contributed by atoms with van der Waals surface area (Å²) in [6.45, 7) is 5.19. The summed E-state index contributed by atoms with van der Waals surface area (Å²) < 4.78 is 0.828. The second-order valence-electron chi connectivity index (χ2n) is 11.8. The Hall–Kier alpha value is -2.19. The fourth-order valence-electron chi connectivity index (χ4n) is 6.89. The van der Waals surface area contributed by atoms with Gasteiger partial charge in [-0.3, -0.25) is 14.6 Å². The Labute approximate surface area is 249 Å². The van der Waals surface area contributed by atoms with Crippen molar-refractivity contribution >= 4 is 35.0 Å². The number of amides is 2. The molecule has 2 amide bonds. The number of benzene rings is 1. The predicted octanol–water partition coefficient (Wildman–Crippen LogP) is 4.77. The van der Waals surface area contributed by atoms with Crippen molar-refractivity contribution in [1.82, 2.24) is 20.1 Å². The molecule has 2 aliphatic rings. The summed E-state index contributed by atoms with van der Waals surface area (Å²) in [6, 6.07) is 11.5. The van der Waals surface area contributed by atoms with Crippen LogP contribution in [-0.2, 0) is 16.0 Å². The highest BCUT2D eigenvalue weighted by atomic mass is 35.5. The van der Waals surface area contributed by atoms with Gasteiger partial charge in [0.15, 0.2) is 5.54 Å². The molecular weight excluding hydrogens is 545 g/mol. The lowest BCUT2D eigenvalue weighted by Crippen LogP contribution is -2.74. The van der Waals surface area contributed by atoms with Gasteiger partial charge in [-0.25, -0.2) is 0 Å². The number of halogens is 2. The first-order valence-electron chi connectivity index (χ1n) is 14.5. The number of pyridine rings is 1. The lowest BCUT2D eigenvalue weighted by atomic mass is 9.79. The molecule has 0 bridgehead atoms. The number of likely N-dealkylation sites (N-methyl/N-ethyl adjacent to an activating group) is 2. The van der Waals surface area contributed by atoms with Crippen LogP contribution >= 0.6 is 23.2 Å². The third-order valence-electron chi connectivity index (χ3n) is 9.11. The predicted molar refractivity (Wildman–Crippen MR) is 162 cm³/mol. The molecule has 2 aromatic rings. The fourth-order valence-corrected chi connectivity index (χ4v) is 7.20.